The summed E-state index contributed by atoms with van der Waals surface area (Å²) in [6.45, 7) is 3.82. The minimum atomic E-state index is 0.630. The van der Waals surface area contributed by atoms with Gasteiger partial charge in [-0.1, -0.05) is 48.5 Å². The number of hydrogen-bond acceptors (Lipinski definition) is 0. The van der Waals surface area contributed by atoms with Crippen LogP contribution in [-0.2, 0) is 12.8 Å². The van der Waals surface area contributed by atoms with Gasteiger partial charge in [0.1, 0.15) is 0 Å². The fraction of sp³-hybridized carbons (Fsp3) is 0.143. The van der Waals surface area contributed by atoms with Crippen molar-refractivity contribution in [2.24, 2.45) is 0 Å². The van der Waals surface area contributed by atoms with Crippen molar-refractivity contribution in [2.45, 2.75) is 12.8 Å². The highest BCUT2D eigenvalue weighted by Crippen LogP contribution is 2.35. The lowest BCUT2D eigenvalue weighted by Crippen LogP contribution is -1.84. The summed E-state index contributed by atoms with van der Waals surface area (Å²) in [5, 5.41) is 3.28. The maximum atomic E-state index is 6.01. The van der Waals surface area contributed by atoms with Crippen molar-refractivity contribution in [3.05, 3.63) is 53.6 Å². The number of rotatable bonds is 1. The Morgan fingerprint density at radius 2 is 1.80 bits per heavy atom. The summed E-state index contributed by atoms with van der Waals surface area (Å²) in [7, 11) is 0. The number of hydrogen-bond donors (Lipinski definition) is 0. The standard InChI is InChI=1S/C14H11Cl/c1-9(15)12-8-7-11-6-5-10-3-2-4-13(12)14(10)11/h2-4,7-8H,1,5-6H2. The van der Waals surface area contributed by atoms with E-state index in [4.69, 9.17) is 11.6 Å². The normalized spacial score (nSPS) is 13.4. The van der Waals surface area contributed by atoms with Crippen LogP contribution < -0.4 is 0 Å². The van der Waals surface area contributed by atoms with Gasteiger partial charge in [0.2, 0.25) is 0 Å². The van der Waals surface area contributed by atoms with E-state index < -0.39 is 0 Å². The van der Waals surface area contributed by atoms with E-state index in [-0.39, 0.29) is 0 Å². The van der Waals surface area contributed by atoms with E-state index in [1.165, 1.54) is 21.9 Å². The van der Waals surface area contributed by atoms with Crippen LogP contribution in [0.3, 0.4) is 0 Å². The zero-order valence-corrected chi connectivity index (χ0v) is 9.14. The second kappa shape index (κ2) is 3.11. The van der Waals surface area contributed by atoms with Gasteiger partial charge in [-0.25, -0.2) is 0 Å². The fourth-order valence-electron chi connectivity index (χ4n) is 2.48. The first kappa shape index (κ1) is 8.99. The van der Waals surface area contributed by atoms with Gasteiger partial charge >= 0.3 is 0 Å². The monoisotopic (exact) mass is 214 g/mol. The lowest BCUT2D eigenvalue weighted by atomic mass is 10.00. The Kier molecular flexibility index (Phi) is 1.86. The molecule has 1 aliphatic rings. The molecule has 0 saturated heterocycles. The van der Waals surface area contributed by atoms with Gasteiger partial charge in [-0.3, -0.25) is 0 Å². The first-order valence-electron chi connectivity index (χ1n) is 5.15. The highest BCUT2D eigenvalue weighted by molar-refractivity contribution is 6.49. The Bertz CT molecular complexity index is 557. The van der Waals surface area contributed by atoms with Crippen LogP contribution in [0.15, 0.2) is 36.9 Å². The third kappa shape index (κ3) is 1.22. The molecule has 2 aromatic rings. The predicted molar refractivity (Wildman–Crippen MR) is 66.2 cm³/mol. The van der Waals surface area contributed by atoms with Crippen LogP contribution in [0.1, 0.15) is 16.7 Å². The maximum absolute atomic E-state index is 6.01. The second-order valence-corrected chi connectivity index (χ2v) is 4.47. The van der Waals surface area contributed by atoms with Gasteiger partial charge in [0.15, 0.2) is 0 Å². The molecule has 2 aromatic carbocycles. The summed E-state index contributed by atoms with van der Waals surface area (Å²) in [4.78, 5) is 0. The Morgan fingerprint density at radius 1 is 1.07 bits per heavy atom. The molecule has 1 aliphatic carbocycles. The third-order valence-corrected chi connectivity index (χ3v) is 3.37. The molecule has 0 fully saturated rings. The van der Waals surface area contributed by atoms with Gasteiger partial charge < -0.3 is 0 Å². The first-order chi connectivity index (χ1) is 7.27. The molecule has 3 rings (SSSR count). The molecule has 0 N–H and O–H groups in total. The molecule has 0 saturated carbocycles. The molecular weight excluding hydrogens is 204 g/mol. The van der Waals surface area contributed by atoms with Crippen LogP contribution in [-0.4, -0.2) is 0 Å². The van der Waals surface area contributed by atoms with Gasteiger partial charge in [0, 0.05) is 10.6 Å². The van der Waals surface area contributed by atoms with E-state index in [2.05, 4.69) is 36.9 Å². The van der Waals surface area contributed by atoms with Gasteiger partial charge in [0.05, 0.1) is 0 Å². The van der Waals surface area contributed by atoms with Crippen molar-refractivity contribution in [2.75, 3.05) is 0 Å². The summed E-state index contributed by atoms with van der Waals surface area (Å²) < 4.78 is 0. The molecule has 15 heavy (non-hydrogen) atoms. The van der Waals surface area contributed by atoms with Gasteiger partial charge in [-0.2, -0.15) is 0 Å². The predicted octanol–water partition coefficient (Wildman–Crippen LogP) is 4.15. The zero-order valence-electron chi connectivity index (χ0n) is 8.39. The van der Waals surface area contributed by atoms with Crippen LogP contribution in [0, 0.1) is 0 Å². The van der Waals surface area contributed by atoms with Crippen LogP contribution >= 0.6 is 11.6 Å². The van der Waals surface area contributed by atoms with Crippen molar-refractivity contribution >= 4 is 27.4 Å². The number of halogens is 1. The Labute approximate surface area is 94.2 Å². The molecule has 74 valence electrons. The average Bonchev–Trinajstić information content (AvgIpc) is 2.64. The van der Waals surface area contributed by atoms with Gasteiger partial charge in [-0.05, 0) is 34.7 Å². The average molecular weight is 215 g/mol. The van der Waals surface area contributed by atoms with E-state index in [0.29, 0.717) is 5.03 Å². The first-order valence-corrected chi connectivity index (χ1v) is 5.53. The van der Waals surface area contributed by atoms with E-state index in [1.54, 1.807) is 0 Å². The summed E-state index contributed by atoms with van der Waals surface area (Å²) in [5.74, 6) is 0. The van der Waals surface area contributed by atoms with Gasteiger partial charge in [-0.15, -0.1) is 0 Å². The molecule has 0 aromatic heterocycles. The van der Waals surface area contributed by atoms with Crippen LogP contribution in [0.25, 0.3) is 15.8 Å². The molecule has 0 unspecified atom stereocenters. The fourth-order valence-corrected chi connectivity index (χ4v) is 2.65. The summed E-state index contributed by atoms with van der Waals surface area (Å²) >= 11 is 6.01. The largest absolute Gasteiger partial charge is 0.0843 e. The van der Waals surface area contributed by atoms with Crippen molar-refractivity contribution in [3.8, 4) is 0 Å². The highest BCUT2D eigenvalue weighted by atomic mass is 35.5. The molecule has 0 amide bonds. The molecule has 0 heterocycles. The lowest BCUT2D eigenvalue weighted by Gasteiger charge is -2.07. The quantitative estimate of drug-likeness (QED) is 0.669. The molecule has 0 aliphatic heterocycles. The third-order valence-electron chi connectivity index (χ3n) is 3.17. The summed E-state index contributed by atoms with van der Waals surface area (Å²) in [6, 6.07) is 10.7. The number of aryl methyl sites for hydroxylation is 2. The molecule has 0 atom stereocenters. The van der Waals surface area contributed by atoms with Crippen LogP contribution in [0.5, 0.6) is 0 Å². The van der Waals surface area contributed by atoms with Crippen LogP contribution in [0.4, 0.5) is 0 Å². The smallest absolute Gasteiger partial charge is 0.0412 e. The molecule has 0 nitrogen and oxygen atoms in total. The topological polar surface area (TPSA) is 0 Å². The summed E-state index contributed by atoms with van der Waals surface area (Å²) in [5.41, 5.74) is 3.96. The van der Waals surface area contributed by atoms with Crippen LogP contribution in [0.2, 0.25) is 0 Å². The SMILES string of the molecule is C=C(Cl)c1ccc2c3c(cccc13)CC2. The van der Waals surface area contributed by atoms with E-state index in [1.807, 2.05) is 0 Å². The highest BCUT2D eigenvalue weighted by Gasteiger charge is 2.15. The molecule has 0 spiro atoms. The van der Waals surface area contributed by atoms with E-state index in [0.717, 1.165) is 18.4 Å². The lowest BCUT2D eigenvalue weighted by molar-refractivity contribution is 1.02. The summed E-state index contributed by atoms with van der Waals surface area (Å²) in [6.07, 6.45) is 2.32. The molecule has 1 heteroatoms. The van der Waals surface area contributed by atoms with E-state index in [9.17, 15) is 0 Å². The minimum absolute atomic E-state index is 0.630. The zero-order chi connectivity index (χ0) is 10.4. The second-order valence-electron chi connectivity index (χ2n) is 4.02. The van der Waals surface area contributed by atoms with Crippen molar-refractivity contribution in [3.63, 3.8) is 0 Å². The van der Waals surface area contributed by atoms with E-state index >= 15 is 0 Å². The maximum Gasteiger partial charge on any atom is 0.0412 e. The van der Waals surface area contributed by atoms with Crippen molar-refractivity contribution in [1.29, 1.82) is 0 Å². The molecule has 0 radical (unpaired) electrons. The number of benzene rings is 2. The minimum Gasteiger partial charge on any atom is -0.0843 e. The molecular formula is C14H11Cl. The van der Waals surface area contributed by atoms with Crippen molar-refractivity contribution in [1.82, 2.24) is 0 Å². The Morgan fingerprint density at radius 3 is 2.53 bits per heavy atom. The Hall–Kier alpha value is -1.27. The Balaban J connectivity index is 2.48. The van der Waals surface area contributed by atoms with Gasteiger partial charge in [0.25, 0.3) is 0 Å². The molecule has 0 bridgehead atoms. The van der Waals surface area contributed by atoms with Crippen molar-refractivity contribution < 1.29 is 0 Å².